The summed E-state index contributed by atoms with van der Waals surface area (Å²) in [5.74, 6) is 1.33. The molecule has 1 aliphatic rings. The first-order chi connectivity index (χ1) is 9.69. The third-order valence-electron chi connectivity index (χ3n) is 3.50. The molecular weight excluding hydrogens is 310 g/mol. The van der Waals surface area contributed by atoms with Crippen molar-refractivity contribution in [3.63, 3.8) is 0 Å². The lowest BCUT2D eigenvalue weighted by Crippen LogP contribution is -2.20. The summed E-state index contributed by atoms with van der Waals surface area (Å²) in [6, 6.07) is 6.04. The van der Waals surface area contributed by atoms with E-state index in [4.69, 9.17) is 14.9 Å². The van der Waals surface area contributed by atoms with Crippen molar-refractivity contribution in [2.24, 2.45) is 0 Å². The smallest absolute Gasteiger partial charge is 0.183 e. The molecule has 21 heavy (non-hydrogen) atoms. The summed E-state index contributed by atoms with van der Waals surface area (Å²) in [6.45, 7) is 0.717. The third-order valence-corrected chi connectivity index (χ3v) is 4.40. The first kappa shape index (κ1) is 15.4. The van der Waals surface area contributed by atoms with Gasteiger partial charge >= 0.3 is 0 Å². The molecule has 0 amide bonds. The molecule has 0 unspecified atom stereocenters. The average molecular weight is 324 g/mol. The number of rotatable bonds is 2. The van der Waals surface area contributed by atoms with Crippen LogP contribution < -0.4 is 14.3 Å². The van der Waals surface area contributed by atoms with E-state index in [1.165, 1.54) is 11.3 Å². The van der Waals surface area contributed by atoms with Crippen LogP contribution in [-0.4, -0.2) is 18.8 Å². The van der Waals surface area contributed by atoms with Gasteiger partial charge in [0.05, 0.1) is 19.9 Å². The first-order valence-corrected chi connectivity index (χ1v) is 6.94. The third kappa shape index (κ3) is 2.28. The Bertz CT molecular complexity index is 789. The van der Waals surface area contributed by atoms with Gasteiger partial charge in [0.2, 0.25) is 0 Å². The molecule has 0 saturated heterocycles. The molecule has 0 radical (unpaired) electrons. The fourth-order valence-corrected chi connectivity index (χ4v) is 3.41. The highest BCUT2D eigenvalue weighted by molar-refractivity contribution is 7.10. The maximum atomic E-state index is 9.27. The Hall–Kier alpha value is -1.97. The van der Waals surface area contributed by atoms with Crippen LogP contribution in [0.3, 0.4) is 0 Å². The topological polar surface area (TPSA) is 71.0 Å². The Morgan fingerprint density at radius 2 is 1.95 bits per heavy atom. The second-order valence-corrected chi connectivity index (χ2v) is 5.46. The fourth-order valence-electron chi connectivity index (χ4n) is 2.56. The van der Waals surface area contributed by atoms with Crippen LogP contribution in [0.15, 0.2) is 12.1 Å². The lowest BCUT2D eigenvalue weighted by Gasteiger charge is -2.21. The second-order valence-electron chi connectivity index (χ2n) is 4.46. The number of ether oxygens (including phenoxy) is 2. The van der Waals surface area contributed by atoms with Gasteiger partial charge in [-0.25, -0.2) is 0 Å². The highest BCUT2D eigenvalue weighted by atomic mass is 35.5. The number of fused-ring (bicyclic) bond motifs is 3. The number of nitrogens with zero attached hydrogens (tertiary/aromatic N) is 2. The lowest BCUT2D eigenvalue weighted by molar-refractivity contribution is 0.354. The van der Waals surface area contributed by atoms with Crippen molar-refractivity contribution < 1.29 is 9.47 Å². The van der Waals surface area contributed by atoms with Gasteiger partial charge in [-0.05, 0) is 24.1 Å². The van der Waals surface area contributed by atoms with Crippen LogP contribution in [0.1, 0.15) is 10.4 Å². The molecule has 3 rings (SSSR count). The minimum Gasteiger partial charge on any atom is -0.493 e. The number of benzene rings is 1. The van der Waals surface area contributed by atoms with E-state index in [0.717, 1.165) is 29.8 Å². The number of aryl methyl sites for hydroxylation is 1. The van der Waals surface area contributed by atoms with Crippen LogP contribution in [0.5, 0.6) is 11.5 Å². The van der Waals surface area contributed by atoms with Gasteiger partial charge in [-0.15, -0.1) is 12.4 Å². The molecule has 0 fully saturated rings. The summed E-state index contributed by atoms with van der Waals surface area (Å²) in [7, 11) is 3.20. The maximum absolute atomic E-state index is 9.27. The molecule has 1 aromatic heterocycles. The molecule has 0 aliphatic carbocycles. The van der Waals surface area contributed by atoms with Crippen LogP contribution >= 0.6 is 23.7 Å². The van der Waals surface area contributed by atoms with Gasteiger partial charge in [0, 0.05) is 12.1 Å². The number of methoxy groups -OCH3 is 2. The molecule has 2 aromatic rings. The van der Waals surface area contributed by atoms with Gasteiger partial charge in [0.1, 0.15) is 10.9 Å². The number of halogens is 1. The molecule has 110 valence electrons. The average Bonchev–Trinajstić information content (AvgIpc) is 2.82. The first-order valence-electron chi connectivity index (χ1n) is 6.13. The zero-order valence-electron chi connectivity index (χ0n) is 11.6. The SMILES string of the molecule is COc1cc2c(cc1OC)-c1c(C#N)sc(=N)n1CC2.Cl. The van der Waals surface area contributed by atoms with E-state index in [1.54, 1.807) is 14.2 Å². The van der Waals surface area contributed by atoms with Gasteiger partial charge in [0.25, 0.3) is 0 Å². The monoisotopic (exact) mass is 323 g/mol. The second kappa shape index (κ2) is 5.80. The van der Waals surface area contributed by atoms with E-state index in [-0.39, 0.29) is 12.4 Å². The maximum Gasteiger partial charge on any atom is 0.183 e. The normalized spacial score (nSPS) is 11.7. The molecule has 5 nitrogen and oxygen atoms in total. The highest BCUT2D eigenvalue weighted by Gasteiger charge is 2.24. The van der Waals surface area contributed by atoms with Gasteiger partial charge < -0.3 is 14.0 Å². The summed E-state index contributed by atoms with van der Waals surface area (Å²) in [5, 5.41) is 17.2. The van der Waals surface area contributed by atoms with Crippen LogP contribution in [0, 0.1) is 16.7 Å². The van der Waals surface area contributed by atoms with Crippen LogP contribution in [0.2, 0.25) is 0 Å². The predicted octanol–water partition coefficient (Wildman–Crippen LogP) is 2.56. The Balaban J connectivity index is 0.00000161. The quantitative estimate of drug-likeness (QED) is 0.923. The Labute approximate surface area is 132 Å². The Morgan fingerprint density at radius 1 is 1.29 bits per heavy atom. The number of aromatic nitrogens is 1. The van der Waals surface area contributed by atoms with Crippen LogP contribution in [0.4, 0.5) is 0 Å². The van der Waals surface area contributed by atoms with E-state index < -0.39 is 0 Å². The number of nitrogens with one attached hydrogen (secondary N) is 1. The Kier molecular flexibility index (Phi) is 4.26. The van der Waals surface area contributed by atoms with E-state index in [2.05, 4.69) is 6.07 Å². The number of nitriles is 1. The standard InChI is InChI=1S/C14H13N3O2S.ClH/c1-18-10-5-8-3-4-17-13(9(8)6-11(10)19-2)12(7-15)20-14(17)16;/h5-6,16H,3-4H2,1-2H3;1H. The van der Waals surface area contributed by atoms with Crippen molar-refractivity contribution in [2.75, 3.05) is 14.2 Å². The largest absolute Gasteiger partial charge is 0.493 e. The van der Waals surface area contributed by atoms with Crippen molar-refractivity contribution in [1.29, 1.82) is 10.7 Å². The highest BCUT2D eigenvalue weighted by Crippen LogP contribution is 2.39. The van der Waals surface area contributed by atoms with Crippen LogP contribution in [-0.2, 0) is 13.0 Å². The van der Waals surface area contributed by atoms with Gasteiger partial charge in [-0.3, -0.25) is 5.41 Å². The molecule has 1 aliphatic heterocycles. The van der Waals surface area contributed by atoms with E-state index in [9.17, 15) is 5.26 Å². The molecular formula is C14H14ClN3O2S. The van der Waals surface area contributed by atoms with Gasteiger partial charge in [-0.2, -0.15) is 5.26 Å². The van der Waals surface area contributed by atoms with Crippen molar-refractivity contribution in [1.82, 2.24) is 4.57 Å². The zero-order chi connectivity index (χ0) is 14.3. The molecule has 0 bridgehead atoms. The van der Waals surface area contributed by atoms with E-state index in [1.807, 2.05) is 16.7 Å². The number of hydrogen-bond donors (Lipinski definition) is 1. The lowest BCUT2D eigenvalue weighted by atomic mass is 9.97. The predicted molar refractivity (Wildman–Crippen MR) is 82.4 cm³/mol. The molecule has 1 N–H and O–H groups in total. The van der Waals surface area contributed by atoms with Crippen molar-refractivity contribution >= 4 is 23.7 Å². The summed E-state index contributed by atoms with van der Waals surface area (Å²) in [4.78, 5) is 0.986. The van der Waals surface area contributed by atoms with Crippen molar-refractivity contribution in [3.05, 3.63) is 27.4 Å². The van der Waals surface area contributed by atoms with E-state index >= 15 is 0 Å². The van der Waals surface area contributed by atoms with Gasteiger partial charge in [-0.1, -0.05) is 11.3 Å². The number of thiazole rings is 1. The molecule has 0 spiro atoms. The summed E-state index contributed by atoms with van der Waals surface area (Å²) >= 11 is 1.21. The van der Waals surface area contributed by atoms with Crippen molar-refractivity contribution in [3.8, 4) is 28.8 Å². The molecule has 0 saturated carbocycles. The fraction of sp³-hybridized carbons (Fsp3) is 0.286. The molecule has 0 atom stereocenters. The Morgan fingerprint density at radius 3 is 2.57 bits per heavy atom. The molecule has 2 heterocycles. The summed E-state index contributed by atoms with van der Waals surface area (Å²) in [6.07, 6.45) is 0.820. The minimum absolute atomic E-state index is 0. The zero-order valence-corrected chi connectivity index (χ0v) is 13.2. The van der Waals surface area contributed by atoms with Crippen molar-refractivity contribution in [2.45, 2.75) is 13.0 Å². The number of hydrogen-bond acceptors (Lipinski definition) is 5. The van der Waals surface area contributed by atoms with Crippen LogP contribution in [0.25, 0.3) is 11.3 Å². The molecule has 7 heteroatoms. The summed E-state index contributed by atoms with van der Waals surface area (Å²) in [5.41, 5.74) is 2.90. The van der Waals surface area contributed by atoms with E-state index in [0.29, 0.717) is 21.2 Å². The van der Waals surface area contributed by atoms with Gasteiger partial charge in [0.15, 0.2) is 16.3 Å². The minimum atomic E-state index is 0. The summed E-state index contributed by atoms with van der Waals surface area (Å²) < 4.78 is 12.5. The molecule has 1 aromatic carbocycles.